The standard InChI is InChI=1S/C15H17F3N2S/c1-9(14-10(2)21-11(3)20-14)19-8-12-4-6-13(7-5-12)15(16,17)18/h4-7,9,19H,8H2,1-3H3. The summed E-state index contributed by atoms with van der Waals surface area (Å²) >= 11 is 1.65. The smallest absolute Gasteiger partial charge is 0.305 e. The van der Waals surface area contributed by atoms with E-state index in [-0.39, 0.29) is 6.04 Å². The highest BCUT2D eigenvalue weighted by Gasteiger charge is 2.29. The van der Waals surface area contributed by atoms with Crippen molar-refractivity contribution in [3.8, 4) is 0 Å². The van der Waals surface area contributed by atoms with Crippen molar-refractivity contribution in [1.29, 1.82) is 0 Å². The Morgan fingerprint density at radius 3 is 2.29 bits per heavy atom. The molecule has 0 bridgehead atoms. The maximum Gasteiger partial charge on any atom is 0.416 e. The molecular formula is C15H17F3N2S. The van der Waals surface area contributed by atoms with Crippen LogP contribution in [0.4, 0.5) is 13.2 Å². The van der Waals surface area contributed by atoms with Gasteiger partial charge in [0.1, 0.15) is 0 Å². The zero-order chi connectivity index (χ0) is 15.6. The van der Waals surface area contributed by atoms with Crippen LogP contribution in [0.15, 0.2) is 24.3 Å². The molecule has 1 atom stereocenters. The molecule has 0 aliphatic carbocycles. The molecule has 0 aliphatic heterocycles. The molecule has 2 nitrogen and oxygen atoms in total. The average Bonchev–Trinajstić information content (AvgIpc) is 2.74. The first kappa shape index (κ1) is 16.0. The van der Waals surface area contributed by atoms with Crippen molar-refractivity contribution >= 4 is 11.3 Å². The largest absolute Gasteiger partial charge is 0.416 e. The van der Waals surface area contributed by atoms with Gasteiger partial charge in [-0.1, -0.05) is 12.1 Å². The van der Waals surface area contributed by atoms with Gasteiger partial charge >= 0.3 is 6.18 Å². The number of hydrogen-bond acceptors (Lipinski definition) is 3. The SMILES string of the molecule is Cc1nc(C(C)NCc2ccc(C(F)(F)F)cc2)c(C)s1. The molecular weight excluding hydrogens is 297 g/mol. The fraction of sp³-hybridized carbons (Fsp3) is 0.400. The highest BCUT2D eigenvalue weighted by Crippen LogP contribution is 2.29. The van der Waals surface area contributed by atoms with E-state index < -0.39 is 11.7 Å². The Labute approximate surface area is 126 Å². The van der Waals surface area contributed by atoms with Gasteiger partial charge in [0.25, 0.3) is 0 Å². The van der Waals surface area contributed by atoms with Crippen molar-refractivity contribution in [3.63, 3.8) is 0 Å². The highest BCUT2D eigenvalue weighted by molar-refractivity contribution is 7.11. The van der Waals surface area contributed by atoms with Crippen LogP contribution in [0.25, 0.3) is 0 Å². The molecule has 0 saturated heterocycles. The summed E-state index contributed by atoms with van der Waals surface area (Å²) in [7, 11) is 0. The van der Waals surface area contributed by atoms with E-state index >= 15 is 0 Å². The van der Waals surface area contributed by atoms with E-state index in [9.17, 15) is 13.2 Å². The van der Waals surface area contributed by atoms with Crippen molar-refractivity contribution in [2.75, 3.05) is 0 Å². The number of rotatable bonds is 4. The molecule has 2 rings (SSSR count). The lowest BCUT2D eigenvalue weighted by Crippen LogP contribution is -2.19. The number of alkyl halides is 3. The summed E-state index contributed by atoms with van der Waals surface area (Å²) in [6, 6.07) is 5.29. The van der Waals surface area contributed by atoms with Crippen LogP contribution < -0.4 is 5.32 Å². The third kappa shape index (κ3) is 4.04. The monoisotopic (exact) mass is 314 g/mol. The Bertz CT molecular complexity index is 602. The van der Waals surface area contributed by atoms with Crippen molar-refractivity contribution in [1.82, 2.24) is 10.3 Å². The molecule has 0 fully saturated rings. The Kier molecular flexibility index (Phi) is 4.68. The number of nitrogens with one attached hydrogen (secondary N) is 1. The van der Waals surface area contributed by atoms with Crippen LogP contribution in [0.5, 0.6) is 0 Å². The molecule has 0 saturated carbocycles. The van der Waals surface area contributed by atoms with Crippen molar-refractivity contribution in [2.45, 2.75) is 39.5 Å². The molecule has 0 amide bonds. The second kappa shape index (κ2) is 6.15. The Morgan fingerprint density at radius 2 is 1.81 bits per heavy atom. The van der Waals surface area contributed by atoms with Crippen LogP contribution in [-0.2, 0) is 12.7 Å². The van der Waals surface area contributed by atoms with Gasteiger partial charge < -0.3 is 5.32 Å². The molecule has 114 valence electrons. The number of aryl methyl sites for hydroxylation is 2. The van der Waals surface area contributed by atoms with E-state index in [1.165, 1.54) is 17.0 Å². The van der Waals surface area contributed by atoms with E-state index in [1.54, 1.807) is 11.3 Å². The highest BCUT2D eigenvalue weighted by atomic mass is 32.1. The van der Waals surface area contributed by atoms with Gasteiger partial charge in [-0.25, -0.2) is 4.98 Å². The predicted octanol–water partition coefficient (Wildman–Crippen LogP) is 4.63. The molecule has 6 heteroatoms. The normalized spacial score (nSPS) is 13.4. The summed E-state index contributed by atoms with van der Waals surface area (Å²) < 4.78 is 37.4. The summed E-state index contributed by atoms with van der Waals surface area (Å²) in [6.45, 7) is 6.50. The first-order valence-electron chi connectivity index (χ1n) is 6.61. The molecule has 21 heavy (non-hydrogen) atoms. The molecule has 0 spiro atoms. The molecule has 0 aliphatic rings. The minimum absolute atomic E-state index is 0.0669. The van der Waals surface area contributed by atoms with Crippen LogP contribution >= 0.6 is 11.3 Å². The second-order valence-electron chi connectivity index (χ2n) is 4.97. The summed E-state index contributed by atoms with van der Waals surface area (Å²) in [5.74, 6) is 0. The zero-order valence-electron chi connectivity index (χ0n) is 12.1. The predicted molar refractivity (Wildman–Crippen MR) is 78.3 cm³/mol. The van der Waals surface area contributed by atoms with Gasteiger partial charge in [0.2, 0.25) is 0 Å². The Hall–Kier alpha value is -1.40. The lowest BCUT2D eigenvalue weighted by molar-refractivity contribution is -0.137. The molecule has 0 radical (unpaired) electrons. The number of thiazole rings is 1. The topological polar surface area (TPSA) is 24.9 Å². The van der Waals surface area contributed by atoms with Crippen LogP contribution in [0.3, 0.4) is 0 Å². The van der Waals surface area contributed by atoms with Crippen molar-refractivity contribution < 1.29 is 13.2 Å². The maximum absolute atomic E-state index is 12.5. The second-order valence-corrected chi connectivity index (χ2v) is 6.38. The van der Waals surface area contributed by atoms with Crippen LogP contribution in [0.1, 0.15) is 39.7 Å². The Balaban J connectivity index is 1.98. The molecule has 1 unspecified atom stereocenters. The molecule has 1 aromatic carbocycles. The number of nitrogens with zero attached hydrogens (tertiary/aromatic N) is 1. The summed E-state index contributed by atoms with van der Waals surface area (Å²) in [5, 5.41) is 4.31. The number of benzene rings is 1. The lowest BCUT2D eigenvalue weighted by atomic mass is 10.1. The Morgan fingerprint density at radius 1 is 1.19 bits per heavy atom. The number of halogens is 3. The van der Waals surface area contributed by atoms with Crippen LogP contribution in [0, 0.1) is 13.8 Å². The van der Waals surface area contributed by atoms with Gasteiger partial charge in [0, 0.05) is 17.5 Å². The van der Waals surface area contributed by atoms with Crippen molar-refractivity contribution in [3.05, 3.63) is 51.0 Å². The summed E-state index contributed by atoms with van der Waals surface area (Å²) in [4.78, 5) is 5.64. The van der Waals surface area contributed by atoms with E-state index in [0.717, 1.165) is 28.4 Å². The third-order valence-electron chi connectivity index (χ3n) is 3.24. The van der Waals surface area contributed by atoms with E-state index in [2.05, 4.69) is 10.3 Å². The number of hydrogen-bond donors (Lipinski definition) is 1. The van der Waals surface area contributed by atoms with Crippen molar-refractivity contribution in [2.24, 2.45) is 0 Å². The molecule has 1 heterocycles. The minimum atomic E-state index is -4.28. The van der Waals surface area contributed by atoms with Gasteiger partial charge in [0.15, 0.2) is 0 Å². The van der Waals surface area contributed by atoms with Gasteiger partial charge in [-0.05, 0) is 38.5 Å². The quantitative estimate of drug-likeness (QED) is 0.890. The molecule has 1 aromatic heterocycles. The lowest BCUT2D eigenvalue weighted by Gasteiger charge is -2.13. The van der Waals surface area contributed by atoms with Crippen LogP contribution in [-0.4, -0.2) is 4.98 Å². The summed E-state index contributed by atoms with van der Waals surface area (Å²) in [6.07, 6.45) is -4.28. The fourth-order valence-electron chi connectivity index (χ4n) is 2.13. The maximum atomic E-state index is 12.5. The van der Waals surface area contributed by atoms with E-state index in [4.69, 9.17) is 0 Å². The number of aromatic nitrogens is 1. The van der Waals surface area contributed by atoms with Gasteiger partial charge in [-0.2, -0.15) is 13.2 Å². The van der Waals surface area contributed by atoms with Gasteiger partial charge in [-0.15, -0.1) is 11.3 Å². The first-order valence-corrected chi connectivity index (χ1v) is 7.42. The molecule has 2 aromatic rings. The molecule has 1 N–H and O–H groups in total. The van der Waals surface area contributed by atoms with Gasteiger partial charge in [-0.3, -0.25) is 0 Å². The van der Waals surface area contributed by atoms with E-state index in [1.807, 2.05) is 20.8 Å². The van der Waals surface area contributed by atoms with Crippen LogP contribution in [0.2, 0.25) is 0 Å². The first-order chi connectivity index (χ1) is 9.77. The average molecular weight is 314 g/mol. The summed E-state index contributed by atoms with van der Waals surface area (Å²) in [5.41, 5.74) is 1.20. The zero-order valence-corrected chi connectivity index (χ0v) is 12.9. The fourth-order valence-corrected chi connectivity index (χ4v) is 3.04. The minimum Gasteiger partial charge on any atom is -0.305 e. The third-order valence-corrected chi connectivity index (χ3v) is 4.15. The van der Waals surface area contributed by atoms with Gasteiger partial charge in [0.05, 0.1) is 16.3 Å². The van der Waals surface area contributed by atoms with E-state index in [0.29, 0.717) is 6.54 Å².